The molecule has 8 nitrogen and oxygen atoms in total. The third-order valence-corrected chi connectivity index (χ3v) is 4.13. The molecule has 9 heteroatoms. The lowest BCUT2D eigenvalue weighted by atomic mass is 10.1. The number of nitrogens with one attached hydrogen (secondary N) is 1. The van der Waals surface area contributed by atoms with E-state index in [1.54, 1.807) is 35.8 Å². The second kappa shape index (κ2) is 7.70. The minimum absolute atomic E-state index is 0.0159. The Balaban J connectivity index is 1.80. The van der Waals surface area contributed by atoms with Crippen LogP contribution in [0.1, 0.15) is 17.3 Å². The number of carbonyl (C=O) groups excluding carboxylic acids is 1. The van der Waals surface area contributed by atoms with Crippen LogP contribution in [0.2, 0.25) is 0 Å². The summed E-state index contributed by atoms with van der Waals surface area (Å²) < 4.78 is 5.35. The molecule has 0 aliphatic heterocycles. The van der Waals surface area contributed by atoms with Crippen LogP contribution in [0.5, 0.6) is 5.88 Å². The molecule has 1 N–H and O–H groups in total. The summed E-state index contributed by atoms with van der Waals surface area (Å²) in [4.78, 5) is 31.2. The number of nitro groups is 1. The number of anilines is 1. The van der Waals surface area contributed by atoms with Gasteiger partial charge in [0.15, 0.2) is 5.13 Å². The van der Waals surface area contributed by atoms with E-state index >= 15 is 0 Å². The van der Waals surface area contributed by atoms with Gasteiger partial charge in [-0.3, -0.25) is 20.2 Å². The number of nitrogens with zero attached hydrogens (tertiary/aromatic N) is 3. The quantitative estimate of drug-likeness (QED) is 0.523. The number of ether oxygens (including phenoxy) is 1. The second-order valence-corrected chi connectivity index (χ2v) is 5.95. The van der Waals surface area contributed by atoms with Crippen molar-refractivity contribution in [2.75, 3.05) is 11.9 Å². The van der Waals surface area contributed by atoms with Crippen molar-refractivity contribution >= 4 is 28.1 Å². The Morgan fingerprint density at radius 2 is 2.19 bits per heavy atom. The predicted octanol–water partition coefficient (Wildman–Crippen LogP) is 3.76. The molecular formula is C17H14N4O4S. The number of thiazole rings is 1. The van der Waals surface area contributed by atoms with E-state index in [-0.39, 0.29) is 17.5 Å². The van der Waals surface area contributed by atoms with E-state index in [4.69, 9.17) is 4.74 Å². The summed E-state index contributed by atoms with van der Waals surface area (Å²) in [6.45, 7) is 2.20. The van der Waals surface area contributed by atoms with Gasteiger partial charge in [-0.15, -0.1) is 11.3 Å². The number of aromatic nitrogens is 2. The molecule has 26 heavy (non-hydrogen) atoms. The summed E-state index contributed by atoms with van der Waals surface area (Å²) in [5.41, 5.74) is 1.44. The maximum Gasteiger partial charge on any atom is 0.270 e. The number of hydrogen-bond acceptors (Lipinski definition) is 7. The van der Waals surface area contributed by atoms with Gasteiger partial charge in [0.2, 0.25) is 5.88 Å². The van der Waals surface area contributed by atoms with Crippen molar-refractivity contribution in [1.29, 1.82) is 0 Å². The fourth-order valence-corrected chi connectivity index (χ4v) is 2.94. The molecule has 1 amide bonds. The number of nitro benzene ring substituents is 1. The van der Waals surface area contributed by atoms with Gasteiger partial charge in [0.1, 0.15) is 5.56 Å². The third kappa shape index (κ3) is 3.83. The van der Waals surface area contributed by atoms with Gasteiger partial charge in [-0.05, 0) is 19.1 Å². The molecule has 2 aromatic heterocycles. The summed E-state index contributed by atoms with van der Waals surface area (Å²) >= 11 is 1.23. The smallest absolute Gasteiger partial charge is 0.270 e. The molecule has 0 aliphatic carbocycles. The largest absolute Gasteiger partial charge is 0.477 e. The highest BCUT2D eigenvalue weighted by atomic mass is 32.1. The Bertz CT molecular complexity index is 957. The van der Waals surface area contributed by atoms with Crippen LogP contribution in [0, 0.1) is 10.1 Å². The average molecular weight is 370 g/mol. The Kier molecular flexibility index (Phi) is 5.18. The van der Waals surface area contributed by atoms with Gasteiger partial charge in [-0.1, -0.05) is 12.1 Å². The van der Waals surface area contributed by atoms with Crippen LogP contribution in [0.15, 0.2) is 48.0 Å². The Labute approximate surface area is 152 Å². The first-order valence-corrected chi connectivity index (χ1v) is 8.56. The van der Waals surface area contributed by atoms with Gasteiger partial charge in [0.25, 0.3) is 11.6 Å². The molecule has 2 heterocycles. The van der Waals surface area contributed by atoms with E-state index in [0.717, 1.165) is 0 Å². The van der Waals surface area contributed by atoms with E-state index in [2.05, 4.69) is 15.3 Å². The Morgan fingerprint density at radius 3 is 2.96 bits per heavy atom. The molecule has 0 saturated carbocycles. The minimum atomic E-state index is -0.462. The van der Waals surface area contributed by atoms with Gasteiger partial charge in [0.05, 0.1) is 17.2 Å². The summed E-state index contributed by atoms with van der Waals surface area (Å²) in [7, 11) is 0. The summed E-state index contributed by atoms with van der Waals surface area (Å²) in [6.07, 6.45) is 1.55. The van der Waals surface area contributed by atoms with Crippen molar-refractivity contribution in [2.24, 2.45) is 0 Å². The summed E-state index contributed by atoms with van der Waals surface area (Å²) in [5.74, 6) is -0.135. The highest BCUT2D eigenvalue weighted by molar-refractivity contribution is 7.14. The fourth-order valence-electron chi connectivity index (χ4n) is 2.22. The van der Waals surface area contributed by atoms with Crippen molar-refractivity contribution in [3.05, 3.63) is 63.7 Å². The normalized spacial score (nSPS) is 10.3. The molecule has 0 saturated heterocycles. The number of hydrogen-bond donors (Lipinski definition) is 1. The molecule has 0 unspecified atom stereocenters. The van der Waals surface area contributed by atoms with Crippen molar-refractivity contribution < 1.29 is 14.5 Å². The Morgan fingerprint density at radius 1 is 1.35 bits per heavy atom. The number of amides is 1. The topological polar surface area (TPSA) is 107 Å². The van der Waals surface area contributed by atoms with Crippen LogP contribution in [-0.2, 0) is 0 Å². The third-order valence-electron chi connectivity index (χ3n) is 3.37. The first-order valence-electron chi connectivity index (χ1n) is 7.68. The standard InChI is InChI=1S/C17H14N4O4S/c1-2-25-16-13(7-4-8-18-16)15(22)20-17-19-14(10-26-17)11-5-3-6-12(9-11)21(23)24/h3-10H,2H2,1H3,(H,19,20,22). The molecule has 0 atom stereocenters. The van der Waals surface area contributed by atoms with Crippen molar-refractivity contribution in [3.63, 3.8) is 0 Å². The fraction of sp³-hybridized carbons (Fsp3) is 0.118. The number of pyridine rings is 1. The number of carbonyl (C=O) groups is 1. The molecular weight excluding hydrogens is 356 g/mol. The average Bonchev–Trinajstić information content (AvgIpc) is 3.11. The van der Waals surface area contributed by atoms with Crippen LogP contribution < -0.4 is 10.1 Å². The molecule has 132 valence electrons. The van der Waals surface area contributed by atoms with Crippen LogP contribution in [0.3, 0.4) is 0 Å². The molecule has 3 aromatic rings. The number of non-ortho nitro benzene ring substituents is 1. The highest BCUT2D eigenvalue weighted by Gasteiger charge is 2.16. The Hall–Kier alpha value is -3.33. The van der Waals surface area contributed by atoms with Crippen molar-refractivity contribution in [2.45, 2.75) is 6.92 Å². The number of rotatable bonds is 6. The van der Waals surface area contributed by atoms with E-state index in [9.17, 15) is 14.9 Å². The maximum absolute atomic E-state index is 12.4. The molecule has 0 bridgehead atoms. The summed E-state index contributed by atoms with van der Waals surface area (Å²) in [5, 5.41) is 15.7. The minimum Gasteiger partial charge on any atom is -0.477 e. The highest BCUT2D eigenvalue weighted by Crippen LogP contribution is 2.28. The monoisotopic (exact) mass is 370 g/mol. The zero-order valence-corrected chi connectivity index (χ0v) is 14.5. The molecule has 1 aromatic carbocycles. The first kappa shape index (κ1) is 17.5. The van der Waals surface area contributed by atoms with E-state index < -0.39 is 4.92 Å². The van der Waals surface area contributed by atoms with E-state index in [0.29, 0.717) is 28.6 Å². The maximum atomic E-state index is 12.4. The van der Waals surface area contributed by atoms with Crippen LogP contribution >= 0.6 is 11.3 Å². The lowest BCUT2D eigenvalue weighted by molar-refractivity contribution is -0.384. The molecule has 3 rings (SSSR count). The molecule has 0 radical (unpaired) electrons. The first-order chi connectivity index (χ1) is 12.6. The molecule has 0 aliphatic rings. The SMILES string of the molecule is CCOc1ncccc1C(=O)Nc1nc(-c2cccc([N+](=O)[O-])c2)cs1. The zero-order chi connectivity index (χ0) is 18.5. The predicted molar refractivity (Wildman–Crippen MR) is 97.6 cm³/mol. The van der Waals surface area contributed by atoms with Crippen molar-refractivity contribution in [3.8, 4) is 17.1 Å². The van der Waals surface area contributed by atoms with Gasteiger partial charge >= 0.3 is 0 Å². The van der Waals surface area contributed by atoms with Crippen LogP contribution in [0.25, 0.3) is 11.3 Å². The van der Waals surface area contributed by atoms with Crippen LogP contribution in [-0.4, -0.2) is 27.4 Å². The number of benzene rings is 1. The van der Waals surface area contributed by atoms with Crippen molar-refractivity contribution in [1.82, 2.24) is 9.97 Å². The molecule has 0 spiro atoms. The van der Waals surface area contributed by atoms with E-state index in [1.807, 2.05) is 6.92 Å². The summed E-state index contributed by atoms with van der Waals surface area (Å²) in [6, 6.07) is 9.43. The van der Waals surface area contributed by atoms with Gasteiger partial charge in [-0.25, -0.2) is 9.97 Å². The van der Waals surface area contributed by atoms with Gasteiger partial charge in [0, 0.05) is 29.3 Å². The second-order valence-electron chi connectivity index (χ2n) is 5.09. The van der Waals surface area contributed by atoms with Gasteiger partial charge in [-0.2, -0.15) is 0 Å². The zero-order valence-electron chi connectivity index (χ0n) is 13.7. The molecule has 0 fully saturated rings. The lowest BCUT2D eigenvalue weighted by Gasteiger charge is -2.07. The van der Waals surface area contributed by atoms with Crippen LogP contribution in [0.4, 0.5) is 10.8 Å². The lowest BCUT2D eigenvalue weighted by Crippen LogP contribution is -2.14. The van der Waals surface area contributed by atoms with Gasteiger partial charge < -0.3 is 4.74 Å². The van der Waals surface area contributed by atoms with E-state index in [1.165, 1.54) is 23.5 Å².